The monoisotopic (exact) mass is 233 g/mol. The molecule has 0 heterocycles. The van der Waals surface area contributed by atoms with E-state index in [9.17, 15) is 0 Å². The van der Waals surface area contributed by atoms with Crippen LogP contribution in [-0.2, 0) is 0 Å². The average Bonchev–Trinajstić information content (AvgIpc) is 2.36. The van der Waals surface area contributed by atoms with Gasteiger partial charge in [0.1, 0.15) is 5.75 Å². The van der Waals surface area contributed by atoms with Crippen LogP contribution in [0, 0.1) is 0 Å². The summed E-state index contributed by atoms with van der Waals surface area (Å²) in [4.78, 5) is 0. The summed E-state index contributed by atoms with van der Waals surface area (Å²) >= 11 is 0. The van der Waals surface area contributed by atoms with Crippen molar-refractivity contribution in [1.29, 1.82) is 0 Å². The van der Waals surface area contributed by atoms with Gasteiger partial charge < -0.3 is 10.1 Å². The molecular weight excluding hydrogens is 210 g/mol. The van der Waals surface area contributed by atoms with Gasteiger partial charge in [-0.2, -0.15) is 0 Å². The van der Waals surface area contributed by atoms with Crippen molar-refractivity contribution in [3.8, 4) is 5.75 Å². The number of hydrogen-bond acceptors (Lipinski definition) is 2. The van der Waals surface area contributed by atoms with Crippen LogP contribution in [0.15, 0.2) is 30.3 Å². The molecule has 1 aromatic carbocycles. The first-order chi connectivity index (χ1) is 8.26. The maximum Gasteiger partial charge on any atom is 0.119 e. The molecule has 0 bridgehead atoms. The molecule has 0 aliphatic heterocycles. The fourth-order valence-corrected chi connectivity index (χ4v) is 1.54. The third-order valence-electron chi connectivity index (χ3n) is 2.48. The molecule has 1 atom stereocenters. The van der Waals surface area contributed by atoms with Crippen LogP contribution >= 0.6 is 0 Å². The molecule has 1 aromatic rings. The number of nitrogens with one attached hydrogen (secondary N) is 1. The van der Waals surface area contributed by atoms with E-state index in [1.54, 1.807) is 0 Å². The molecule has 17 heavy (non-hydrogen) atoms. The lowest BCUT2D eigenvalue weighted by Crippen LogP contribution is -2.24. The molecule has 0 spiro atoms. The zero-order valence-electron chi connectivity index (χ0n) is 11.1. The fraction of sp³-hybridized carbons (Fsp3) is 0.467. The van der Waals surface area contributed by atoms with E-state index in [2.05, 4.69) is 43.4 Å². The van der Waals surface area contributed by atoms with E-state index in [1.165, 1.54) is 12.0 Å². The first-order valence-electron chi connectivity index (χ1n) is 6.40. The Hall–Kier alpha value is -1.28. The maximum absolute atomic E-state index is 5.40. The molecule has 0 saturated carbocycles. The molecule has 0 fully saturated rings. The summed E-state index contributed by atoms with van der Waals surface area (Å²) in [5.41, 5.74) is 1.21. The molecule has 0 aromatic heterocycles. The van der Waals surface area contributed by atoms with Crippen molar-refractivity contribution < 1.29 is 4.74 Å². The summed E-state index contributed by atoms with van der Waals surface area (Å²) in [6, 6.07) is 8.59. The van der Waals surface area contributed by atoms with Gasteiger partial charge in [0.25, 0.3) is 0 Å². The van der Waals surface area contributed by atoms with E-state index in [0.29, 0.717) is 12.6 Å². The Morgan fingerprint density at radius 1 is 1.24 bits per heavy atom. The zero-order valence-corrected chi connectivity index (χ0v) is 11.1. The number of rotatable bonds is 7. The molecule has 0 amide bonds. The van der Waals surface area contributed by atoms with E-state index < -0.39 is 0 Å². The van der Waals surface area contributed by atoms with Gasteiger partial charge in [-0.3, -0.25) is 0 Å². The lowest BCUT2D eigenvalue weighted by atomic mass is 10.1. The molecule has 0 saturated heterocycles. The van der Waals surface area contributed by atoms with Crippen LogP contribution in [0.4, 0.5) is 0 Å². The average molecular weight is 233 g/mol. The van der Waals surface area contributed by atoms with E-state index in [4.69, 9.17) is 4.74 Å². The summed E-state index contributed by atoms with van der Waals surface area (Å²) < 4.78 is 5.40. The lowest BCUT2D eigenvalue weighted by molar-refractivity contribution is 0.340. The van der Waals surface area contributed by atoms with Gasteiger partial charge in [0.05, 0.1) is 6.61 Å². The van der Waals surface area contributed by atoms with Crippen LogP contribution in [0.2, 0.25) is 0 Å². The minimum absolute atomic E-state index is 0.418. The number of benzene rings is 1. The molecule has 1 unspecified atom stereocenters. The lowest BCUT2D eigenvalue weighted by Gasteiger charge is -2.07. The van der Waals surface area contributed by atoms with Crippen LogP contribution in [0.3, 0.4) is 0 Å². The molecular formula is C15H23NO. The SMILES string of the molecule is CCCNC(C)/C=C/c1ccc(OCC)cc1. The van der Waals surface area contributed by atoms with Crippen molar-refractivity contribution in [2.75, 3.05) is 13.2 Å². The number of ether oxygens (including phenoxy) is 1. The van der Waals surface area contributed by atoms with Crippen molar-refractivity contribution in [3.63, 3.8) is 0 Å². The molecule has 1 N–H and O–H groups in total. The Morgan fingerprint density at radius 2 is 1.94 bits per heavy atom. The largest absolute Gasteiger partial charge is 0.494 e. The van der Waals surface area contributed by atoms with Gasteiger partial charge in [0, 0.05) is 6.04 Å². The van der Waals surface area contributed by atoms with Crippen LogP contribution < -0.4 is 10.1 Å². The van der Waals surface area contributed by atoms with Gasteiger partial charge in [0.2, 0.25) is 0 Å². The van der Waals surface area contributed by atoms with Crippen LogP contribution in [0.5, 0.6) is 5.75 Å². The van der Waals surface area contributed by atoms with Crippen LogP contribution in [0.25, 0.3) is 6.08 Å². The zero-order chi connectivity index (χ0) is 12.5. The Morgan fingerprint density at radius 3 is 2.53 bits per heavy atom. The molecule has 0 aliphatic carbocycles. The molecule has 94 valence electrons. The van der Waals surface area contributed by atoms with Gasteiger partial charge >= 0.3 is 0 Å². The summed E-state index contributed by atoms with van der Waals surface area (Å²) in [6.07, 6.45) is 5.50. The smallest absolute Gasteiger partial charge is 0.119 e. The second-order valence-electron chi connectivity index (χ2n) is 4.10. The number of hydrogen-bond donors (Lipinski definition) is 1. The van der Waals surface area contributed by atoms with Gasteiger partial charge in [-0.25, -0.2) is 0 Å². The van der Waals surface area contributed by atoms with E-state index in [0.717, 1.165) is 12.3 Å². The first kappa shape index (κ1) is 13.8. The first-order valence-corrected chi connectivity index (χ1v) is 6.40. The second-order valence-corrected chi connectivity index (χ2v) is 4.10. The van der Waals surface area contributed by atoms with E-state index in [-0.39, 0.29) is 0 Å². The Kier molecular flexibility index (Phi) is 6.41. The molecule has 2 heteroatoms. The maximum atomic E-state index is 5.40. The predicted molar refractivity (Wildman–Crippen MR) is 74.4 cm³/mol. The van der Waals surface area contributed by atoms with E-state index in [1.807, 2.05) is 19.1 Å². The third-order valence-corrected chi connectivity index (χ3v) is 2.48. The van der Waals surface area contributed by atoms with Gasteiger partial charge in [-0.1, -0.05) is 31.2 Å². The Bertz CT molecular complexity index is 329. The Labute approximate surface area is 105 Å². The van der Waals surface area contributed by atoms with Crippen LogP contribution in [-0.4, -0.2) is 19.2 Å². The van der Waals surface area contributed by atoms with Gasteiger partial charge in [-0.15, -0.1) is 0 Å². The topological polar surface area (TPSA) is 21.3 Å². The van der Waals surface area contributed by atoms with Crippen molar-refractivity contribution >= 4 is 6.08 Å². The van der Waals surface area contributed by atoms with Gasteiger partial charge in [-0.05, 0) is 44.5 Å². The molecule has 2 nitrogen and oxygen atoms in total. The van der Waals surface area contributed by atoms with Crippen molar-refractivity contribution in [3.05, 3.63) is 35.9 Å². The summed E-state index contributed by atoms with van der Waals surface area (Å²) in [5, 5.41) is 3.42. The normalized spacial score (nSPS) is 12.9. The predicted octanol–water partition coefficient (Wildman–Crippen LogP) is 3.49. The quantitative estimate of drug-likeness (QED) is 0.778. The highest BCUT2D eigenvalue weighted by Crippen LogP contribution is 2.13. The molecule has 1 rings (SSSR count). The standard InChI is InChI=1S/C15H23NO/c1-4-12-16-13(3)6-7-14-8-10-15(11-9-14)17-5-2/h6-11,13,16H,4-5,12H2,1-3H3/b7-6+. The summed E-state index contributed by atoms with van der Waals surface area (Å²) in [5.74, 6) is 0.932. The van der Waals surface area contributed by atoms with Gasteiger partial charge in [0.15, 0.2) is 0 Å². The van der Waals surface area contributed by atoms with Crippen molar-refractivity contribution in [2.45, 2.75) is 33.2 Å². The highest BCUT2D eigenvalue weighted by molar-refractivity contribution is 5.51. The molecule has 0 radical (unpaired) electrons. The molecule has 0 aliphatic rings. The Balaban J connectivity index is 2.47. The third kappa shape index (κ3) is 5.55. The highest BCUT2D eigenvalue weighted by Gasteiger charge is 1.95. The summed E-state index contributed by atoms with van der Waals surface area (Å²) in [6.45, 7) is 8.12. The van der Waals surface area contributed by atoms with Crippen molar-refractivity contribution in [2.24, 2.45) is 0 Å². The minimum atomic E-state index is 0.418. The summed E-state index contributed by atoms with van der Waals surface area (Å²) in [7, 11) is 0. The highest BCUT2D eigenvalue weighted by atomic mass is 16.5. The fourth-order valence-electron chi connectivity index (χ4n) is 1.54. The minimum Gasteiger partial charge on any atom is -0.494 e. The van der Waals surface area contributed by atoms with Crippen molar-refractivity contribution in [1.82, 2.24) is 5.32 Å². The van der Waals surface area contributed by atoms with E-state index >= 15 is 0 Å². The second kappa shape index (κ2) is 7.91. The van der Waals surface area contributed by atoms with Crippen LogP contribution in [0.1, 0.15) is 32.8 Å².